The number of hydrogen-bond acceptors (Lipinski definition) is 3. The number of halogens is 2. The minimum absolute atomic E-state index is 0.162. The quantitative estimate of drug-likeness (QED) is 0.849. The first-order valence-corrected chi connectivity index (χ1v) is 8.04. The van der Waals surface area contributed by atoms with Gasteiger partial charge in [0.05, 0.1) is 16.2 Å². The minimum atomic E-state index is -3.56. The van der Waals surface area contributed by atoms with Crippen molar-refractivity contribution in [2.75, 3.05) is 0 Å². The molecule has 0 bridgehead atoms. The van der Waals surface area contributed by atoms with E-state index in [0.29, 0.717) is 10.0 Å². The number of hydrogen-bond donors (Lipinski definition) is 0. The van der Waals surface area contributed by atoms with Crippen molar-refractivity contribution in [3.8, 4) is 6.07 Å². The molecule has 0 saturated carbocycles. The first-order chi connectivity index (χ1) is 9.44. The van der Waals surface area contributed by atoms with Crippen LogP contribution in [0.15, 0.2) is 51.8 Å². The Morgan fingerprint density at radius 2 is 1.90 bits per heavy atom. The zero-order valence-corrected chi connectivity index (χ0v) is 12.6. The Morgan fingerprint density at radius 1 is 1.20 bits per heavy atom. The molecule has 0 atom stereocenters. The van der Waals surface area contributed by atoms with Gasteiger partial charge < -0.3 is 0 Å². The van der Waals surface area contributed by atoms with Gasteiger partial charge >= 0.3 is 0 Å². The van der Waals surface area contributed by atoms with Crippen LogP contribution in [-0.2, 0) is 15.6 Å². The zero-order chi connectivity index (χ0) is 14.8. The van der Waals surface area contributed by atoms with Crippen LogP contribution in [0.5, 0.6) is 0 Å². The maximum absolute atomic E-state index is 13.2. The van der Waals surface area contributed by atoms with Gasteiger partial charge in [0.15, 0.2) is 9.84 Å². The topological polar surface area (TPSA) is 57.9 Å². The molecule has 0 amide bonds. The molecular formula is C14H9BrFNO2S. The van der Waals surface area contributed by atoms with E-state index in [9.17, 15) is 12.8 Å². The second-order valence-electron chi connectivity index (χ2n) is 4.12. The molecule has 0 radical (unpaired) electrons. The fraction of sp³-hybridized carbons (Fsp3) is 0.0714. The lowest BCUT2D eigenvalue weighted by Crippen LogP contribution is -2.06. The van der Waals surface area contributed by atoms with E-state index in [-0.39, 0.29) is 16.2 Å². The van der Waals surface area contributed by atoms with E-state index < -0.39 is 15.7 Å². The lowest BCUT2D eigenvalue weighted by atomic mass is 10.1. The highest BCUT2D eigenvalue weighted by Gasteiger charge is 2.18. The van der Waals surface area contributed by atoms with Gasteiger partial charge in [-0.1, -0.05) is 18.2 Å². The van der Waals surface area contributed by atoms with Crippen molar-refractivity contribution in [2.24, 2.45) is 0 Å². The molecule has 3 nitrogen and oxygen atoms in total. The Hall–Kier alpha value is -1.71. The van der Waals surface area contributed by atoms with Crippen molar-refractivity contribution in [3.05, 3.63) is 63.9 Å². The largest absolute Gasteiger partial charge is 0.223 e. The molecule has 2 aromatic rings. The van der Waals surface area contributed by atoms with E-state index in [2.05, 4.69) is 15.9 Å². The molecular weight excluding hydrogens is 345 g/mol. The van der Waals surface area contributed by atoms with Gasteiger partial charge in [-0.15, -0.1) is 0 Å². The Balaban J connectivity index is 2.39. The van der Waals surface area contributed by atoms with Crippen LogP contribution < -0.4 is 0 Å². The average molecular weight is 354 g/mol. The van der Waals surface area contributed by atoms with Crippen LogP contribution in [0.2, 0.25) is 0 Å². The maximum atomic E-state index is 13.2. The third-order valence-corrected chi connectivity index (χ3v) is 5.37. The summed E-state index contributed by atoms with van der Waals surface area (Å²) < 4.78 is 38.3. The number of nitrogens with zero attached hydrogens (tertiary/aromatic N) is 1. The molecule has 0 aliphatic rings. The molecule has 20 heavy (non-hydrogen) atoms. The first kappa shape index (κ1) is 14.7. The second-order valence-corrected chi connectivity index (χ2v) is 6.93. The van der Waals surface area contributed by atoms with Crippen LogP contribution in [0.25, 0.3) is 0 Å². The Bertz CT molecular complexity index is 797. The molecule has 2 aromatic carbocycles. The summed E-state index contributed by atoms with van der Waals surface area (Å²) in [6.45, 7) is 0. The van der Waals surface area contributed by atoms with E-state index in [0.717, 1.165) is 6.07 Å². The zero-order valence-electron chi connectivity index (χ0n) is 10.2. The van der Waals surface area contributed by atoms with Gasteiger partial charge in [0.1, 0.15) is 11.9 Å². The average Bonchev–Trinajstić information content (AvgIpc) is 2.41. The number of nitriles is 1. The summed E-state index contributed by atoms with van der Waals surface area (Å²) in [6.07, 6.45) is 0. The maximum Gasteiger partial charge on any atom is 0.183 e. The van der Waals surface area contributed by atoms with Gasteiger partial charge in [0.2, 0.25) is 0 Å². The molecule has 2 rings (SSSR count). The van der Waals surface area contributed by atoms with E-state index in [1.54, 1.807) is 24.3 Å². The smallest absolute Gasteiger partial charge is 0.183 e. The van der Waals surface area contributed by atoms with Gasteiger partial charge in [-0.2, -0.15) is 5.26 Å². The van der Waals surface area contributed by atoms with Crippen molar-refractivity contribution >= 4 is 25.8 Å². The molecule has 0 unspecified atom stereocenters. The fourth-order valence-electron chi connectivity index (χ4n) is 1.74. The summed E-state index contributed by atoms with van der Waals surface area (Å²) in [5.41, 5.74) is 0.212. The molecule has 6 heteroatoms. The van der Waals surface area contributed by atoms with Gasteiger partial charge in [-0.25, -0.2) is 12.8 Å². The summed E-state index contributed by atoms with van der Waals surface area (Å²) in [6, 6.07) is 11.9. The Labute approximate surface area is 124 Å². The fourth-order valence-corrected chi connectivity index (χ4v) is 4.19. The third kappa shape index (κ3) is 3.06. The van der Waals surface area contributed by atoms with Gasteiger partial charge in [0, 0.05) is 4.47 Å². The lowest BCUT2D eigenvalue weighted by molar-refractivity contribution is 0.594. The molecule has 0 saturated heterocycles. The van der Waals surface area contributed by atoms with E-state index in [1.165, 1.54) is 18.2 Å². The highest BCUT2D eigenvalue weighted by Crippen LogP contribution is 2.25. The van der Waals surface area contributed by atoms with Crippen LogP contribution >= 0.6 is 15.9 Å². The first-order valence-electron chi connectivity index (χ1n) is 5.60. The Kier molecular flexibility index (Phi) is 4.21. The van der Waals surface area contributed by atoms with Crippen molar-refractivity contribution in [1.29, 1.82) is 5.26 Å². The van der Waals surface area contributed by atoms with Crippen molar-refractivity contribution in [3.63, 3.8) is 0 Å². The summed E-state index contributed by atoms with van der Waals surface area (Å²) in [4.78, 5) is 0.169. The highest BCUT2D eigenvalue weighted by atomic mass is 79.9. The molecule has 0 aliphatic carbocycles. The molecule has 0 aromatic heterocycles. The van der Waals surface area contributed by atoms with Crippen LogP contribution in [0.3, 0.4) is 0 Å². The molecule has 0 heterocycles. The van der Waals surface area contributed by atoms with Gasteiger partial charge in [-0.3, -0.25) is 0 Å². The molecule has 0 aliphatic heterocycles. The van der Waals surface area contributed by atoms with Crippen molar-refractivity contribution in [1.82, 2.24) is 0 Å². The molecule has 0 fully saturated rings. The predicted molar refractivity (Wildman–Crippen MR) is 76.1 cm³/mol. The van der Waals surface area contributed by atoms with Crippen molar-refractivity contribution < 1.29 is 12.8 Å². The monoisotopic (exact) mass is 353 g/mol. The van der Waals surface area contributed by atoms with Gasteiger partial charge in [-0.05, 0) is 45.8 Å². The van der Waals surface area contributed by atoms with E-state index in [1.807, 2.05) is 0 Å². The van der Waals surface area contributed by atoms with Crippen LogP contribution in [0.1, 0.15) is 11.1 Å². The summed E-state index contributed by atoms with van der Waals surface area (Å²) in [5, 5.41) is 8.76. The van der Waals surface area contributed by atoms with Crippen LogP contribution in [0, 0.1) is 17.1 Å². The SMILES string of the molecule is N#Cc1cc(CS(=O)(=O)c2ccccc2Br)ccc1F. The second kappa shape index (κ2) is 5.73. The van der Waals surface area contributed by atoms with E-state index in [4.69, 9.17) is 5.26 Å². The molecule has 0 N–H and O–H groups in total. The standard InChI is InChI=1S/C14H9BrFNO2S/c15-12-3-1-2-4-14(12)20(18,19)9-10-5-6-13(16)11(7-10)8-17/h1-7H,9H2. The molecule has 102 valence electrons. The summed E-state index contributed by atoms with van der Waals surface area (Å²) in [5.74, 6) is -0.945. The lowest BCUT2D eigenvalue weighted by Gasteiger charge is -2.07. The van der Waals surface area contributed by atoms with Crippen molar-refractivity contribution in [2.45, 2.75) is 10.6 Å². The predicted octanol–water partition coefficient (Wildman–Crippen LogP) is 3.43. The third-order valence-electron chi connectivity index (χ3n) is 2.68. The highest BCUT2D eigenvalue weighted by molar-refractivity contribution is 9.10. The molecule has 0 spiro atoms. The van der Waals surface area contributed by atoms with E-state index >= 15 is 0 Å². The number of rotatable bonds is 3. The number of sulfone groups is 1. The normalized spacial score (nSPS) is 11.1. The summed E-state index contributed by atoms with van der Waals surface area (Å²) in [7, 11) is -3.56. The number of benzene rings is 2. The van der Waals surface area contributed by atoms with Crippen LogP contribution in [0.4, 0.5) is 4.39 Å². The summed E-state index contributed by atoms with van der Waals surface area (Å²) >= 11 is 3.19. The van der Waals surface area contributed by atoms with Gasteiger partial charge in [0.25, 0.3) is 0 Å². The minimum Gasteiger partial charge on any atom is -0.223 e. The van der Waals surface area contributed by atoms with Crippen LogP contribution in [-0.4, -0.2) is 8.42 Å². The Morgan fingerprint density at radius 3 is 2.55 bits per heavy atom.